The van der Waals surface area contributed by atoms with Gasteiger partial charge in [-0.25, -0.2) is 0 Å². The fourth-order valence-electron chi connectivity index (χ4n) is 5.01. The highest BCUT2D eigenvalue weighted by Crippen LogP contribution is 2.72. The summed E-state index contributed by atoms with van der Waals surface area (Å²) in [5, 5.41) is 0. The van der Waals surface area contributed by atoms with Crippen molar-refractivity contribution < 1.29 is 13.2 Å². The Morgan fingerprint density at radius 2 is 1.85 bits per heavy atom. The summed E-state index contributed by atoms with van der Waals surface area (Å²) in [6.45, 7) is 0. The zero-order chi connectivity index (χ0) is 14.1. The van der Waals surface area contributed by atoms with Crippen molar-refractivity contribution in [2.24, 2.45) is 35.3 Å². The quantitative estimate of drug-likeness (QED) is 0.903. The number of hydrogen-bond donors (Lipinski definition) is 1. The number of nitrogens with two attached hydrogens (primary N) is 1. The van der Waals surface area contributed by atoms with Crippen LogP contribution in [0.25, 0.3) is 0 Å². The summed E-state index contributed by atoms with van der Waals surface area (Å²) < 4.78 is 39.2. The van der Waals surface area contributed by atoms with E-state index in [0.29, 0.717) is 23.7 Å². The van der Waals surface area contributed by atoms with E-state index in [-0.39, 0.29) is 11.5 Å². The van der Waals surface area contributed by atoms with E-state index in [1.807, 2.05) is 0 Å². The van der Waals surface area contributed by atoms with Gasteiger partial charge in [-0.1, -0.05) is 0 Å². The first-order chi connectivity index (χ1) is 9.48. The number of halogens is 3. The Labute approximate surface area is 115 Å². The maximum Gasteiger partial charge on any atom is 0.416 e. The van der Waals surface area contributed by atoms with Crippen molar-refractivity contribution in [3.8, 4) is 0 Å². The molecule has 5 unspecified atom stereocenters. The molecule has 2 nitrogen and oxygen atoms in total. The molecule has 5 atom stereocenters. The zero-order valence-corrected chi connectivity index (χ0v) is 11.0. The maximum atomic E-state index is 13.1. The Balaban J connectivity index is 1.63. The van der Waals surface area contributed by atoms with Crippen LogP contribution in [0.5, 0.6) is 0 Å². The zero-order valence-electron chi connectivity index (χ0n) is 11.0. The van der Waals surface area contributed by atoms with Gasteiger partial charge in [-0.15, -0.1) is 0 Å². The van der Waals surface area contributed by atoms with Gasteiger partial charge in [-0.3, -0.25) is 4.98 Å². The molecule has 2 bridgehead atoms. The molecule has 2 N–H and O–H groups in total. The number of fused-ring (bicyclic) bond motifs is 5. The molecule has 1 aromatic rings. The molecule has 20 heavy (non-hydrogen) atoms. The summed E-state index contributed by atoms with van der Waals surface area (Å²) in [6, 6.07) is 0.529. The van der Waals surface area contributed by atoms with E-state index in [1.165, 1.54) is 31.7 Å². The van der Waals surface area contributed by atoms with Crippen LogP contribution in [-0.2, 0) is 6.18 Å². The molecule has 5 heteroatoms. The second-order valence-electron chi connectivity index (χ2n) is 6.55. The minimum Gasteiger partial charge on any atom is -0.324 e. The Morgan fingerprint density at radius 3 is 2.45 bits per heavy atom. The number of rotatable bonds is 2. The Kier molecular flexibility index (Phi) is 2.50. The van der Waals surface area contributed by atoms with E-state index in [4.69, 9.17) is 5.73 Å². The van der Waals surface area contributed by atoms with Crippen molar-refractivity contribution in [3.63, 3.8) is 0 Å². The molecule has 0 aromatic carbocycles. The van der Waals surface area contributed by atoms with Crippen LogP contribution in [0.3, 0.4) is 0 Å². The summed E-state index contributed by atoms with van der Waals surface area (Å²) in [7, 11) is 0. The highest BCUT2D eigenvalue weighted by atomic mass is 19.4. The van der Waals surface area contributed by atoms with Crippen molar-refractivity contribution in [2.45, 2.75) is 31.5 Å². The third-order valence-electron chi connectivity index (χ3n) is 5.73. The van der Waals surface area contributed by atoms with Gasteiger partial charge in [0.15, 0.2) is 0 Å². The number of nitrogens with zero attached hydrogens (tertiary/aromatic N) is 1. The van der Waals surface area contributed by atoms with Gasteiger partial charge >= 0.3 is 6.18 Å². The summed E-state index contributed by atoms with van der Waals surface area (Å²) in [6.07, 6.45) is 1.92. The molecule has 3 saturated carbocycles. The smallest absolute Gasteiger partial charge is 0.324 e. The van der Waals surface area contributed by atoms with E-state index in [9.17, 15) is 13.2 Å². The maximum absolute atomic E-state index is 13.1. The molecule has 0 spiro atoms. The third-order valence-corrected chi connectivity index (χ3v) is 5.73. The van der Waals surface area contributed by atoms with Crippen molar-refractivity contribution in [3.05, 3.63) is 29.6 Å². The van der Waals surface area contributed by atoms with Gasteiger partial charge in [0.25, 0.3) is 0 Å². The molecule has 108 valence electrons. The average Bonchev–Trinajstić information content (AvgIpc) is 2.84. The first kappa shape index (κ1) is 12.6. The Morgan fingerprint density at radius 1 is 1.20 bits per heavy atom. The van der Waals surface area contributed by atoms with Gasteiger partial charge in [0.2, 0.25) is 0 Å². The number of pyridine rings is 1. The van der Waals surface area contributed by atoms with E-state index in [1.54, 1.807) is 0 Å². The van der Waals surface area contributed by atoms with Crippen LogP contribution in [0.2, 0.25) is 0 Å². The molecule has 3 aliphatic rings. The lowest BCUT2D eigenvalue weighted by Crippen LogP contribution is -2.22. The fraction of sp³-hybridized carbons (Fsp3) is 0.667. The van der Waals surface area contributed by atoms with Crippen LogP contribution < -0.4 is 5.73 Å². The Hall–Kier alpha value is -1.10. The predicted molar refractivity (Wildman–Crippen MR) is 67.5 cm³/mol. The van der Waals surface area contributed by atoms with Gasteiger partial charge in [0.05, 0.1) is 5.56 Å². The lowest BCUT2D eigenvalue weighted by molar-refractivity contribution is -0.138. The predicted octanol–water partition coefficient (Wildman–Crippen LogP) is 3.39. The van der Waals surface area contributed by atoms with Crippen LogP contribution >= 0.6 is 0 Å². The molecular formula is C15H17F3N2. The summed E-state index contributed by atoms with van der Waals surface area (Å²) in [4.78, 5) is 3.86. The van der Waals surface area contributed by atoms with E-state index < -0.39 is 17.8 Å². The first-order valence-corrected chi connectivity index (χ1v) is 7.25. The van der Waals surface area contributed by atoms with Gasteiger partial charge in [-0.2, -0.15) is 13.2 Å². The van der Waals surface area contributed by atoms with Gasteiger partial charge < -0.3 is 5.73 Å². The summed E-state index contributed by atoms with van der Waals surface area (Å²) >= 11 is 0. The van der Waals surface area contributed by atoms with Crippen molar-refractivity contribution in [1.29, 1.82) is 0 Å². The van der Waals surface area contributed by atoms with Gasteiger partial charge in [0.1, 0.15) is 0 Å². The molecule has 0 aliphatic heterocycles. The number of alkyl halides is 3. The third kappa shape index (κ3) is 1.65. The Bertz CT molecular complexity index is 526. The lowest BCUT2D eigenvalue weighted by Gasteiger charge is -2.20. The van der Waals surface area contributed by atoms with Crippen LogP contribution in [-0.4, -0.2) is 4.98 Å². The molecule has 0 saturated heterocycles. The van der Waals surface area contributed by atoms with E-state index in [0.717, 1.165) is 6.07 Å². The van der Waals surface area contributed by atoms with Crippen LogP contribution in [0.1, 0.15) is 36.4 Å². The van der Waals surface area contributed by atoms with Crippen LogP contribution in [0.15, 0.2) is 18.5 Å². The largest absolute Gasteiger partial charge is 0.416 e. The standard InChI is InChI=1S/C15H17F3N2/c16-15(17,18)10-3-4-20-6-9(10)14(19)13-11-7-1-2-8(5-7)12(11)13/h3-4,6-8,11-14H,1-2,5,19H2. The lowest BCUT2D eigenvalue weighted by atomic mass is 9.92. The van der Waals surface area contributed by atoms with Crippen molar-refractivity contribution in [1.82, 2.24) is 4.98 Å². The van der Waals surface area contributed by atoms with Crippen molar-refractivity contribution >= 4 is 0 Å². The van der Waals surface area contributed by atoms with Crippen molar-refractivity contribution in [2.75, 3.05) is 0 Å². The molecule has 1 heterocycles. The molecule has 0 radical (unpaired) electrons. The highest BCUT2D eigenvalue weighted by molar-refractivity contribution is 5.32. The van der Waals surface area contributed by atoms with Crippen LogP contribution in [0, 0.1) is 29.6 Å². The molecule has 3 aliphatic carbocycles. The monoisotopic (exact) mass is 282 g/mol. The second kappa shape index (κ2) is 3.97. The fourth-order valence-corrected chi connectivity index (χ4v) is 5.01. The van der Waals surface area contributed by atoms with Gasteiger partial charge in [0, 0.05) is 18.4 Å². The summed E-state index contributed by atoms with van der Waals surface area (Å²) in [5.74, 6) is 2.82. The summed E-state index contributed by atoms with van der Waals surface area (Å²) in [5.41, 5.74) is 5.77. The SMILES string of the molecule is NC(c1cnccc1C(F)(F)F)C1C2C3CCC(C3)C21. The van der Waals surface area contributed by atoms with Crippen LogP contribution in [0.4, 0.5) is 13.2 Å². The molecule has 3 fully saturated rings. The normalized spacial score (nSPS) is 39.7. The number of hydrogen-bond acceptors (Lipinski definition) is 2. The second-order valence-corrected chi connectivity index (χ2v) is 6.55. The topological polar surface area (TPSA) is 38.9 Å². The highest BCUT2D eigenvalue weighted by Gasteiger charge is 2.66. The first-order valence-electron chi connectivity index (χ1n) is 7.25. The average molecular weight is 282 g/mol. The van der Waals surface area contributed by atoms with Gasteiger partial charge in [-0.05, 0) is 60.5 Å². The molecule has 0 amide bonds. The minimum atomic E-state index is -4.35. The van der Waals surface area contributed by atoms with E-state index >= 15 is 0 Å². The molecule has 4 rings (SSSR count). The minimum absolute atomic E-state index is 0.179. The van der Waals surface area contributed by atoms with E-state index in [2.05, 4.69) is 4.98 Å². The molecule has 1 aromatic heterocycles. The molecular weight excluding hydrogens is 265 g/mol. The number of aromatic nitrogens is 1.